The van der Waals surface area contributed by atoms with E-state index in [4.69, 9.17) is 9.47 Å². The summed E-state index contributed by atoms with van der Waals surface area (Å²) >= 11 is 0. The molecule has 1 saturated heterocycles. The van der Waals surface area contributed by atoms with E-state index in [1.165, 1.54) is 28.6 Å². The number of hydrogen-bond acceptors (Lipinski definition) is 5. The van der Waals surface area contributed by atoms with Crippen LogP contribution in [0.25, 0.3) is 0 Å². The first-order chi connectivity index (χ1) is 16.8. The number of para-hydroxylation sites is 1. The van der Waals surface area contributed by atoms with Crippen LogP contribution in [0.3, 0.4) is 0 Å². The molecule has 1 aliphatic heterocycles. The van der Waals surface area contributed by atoms with Crippen LogP contribution in [0.4, 0.5) is 10.1 Å². The summed E-state index contributed by atoms with van der Waals surface area (Å²) in [5.41, 5.74) is 2.70. The Morgan fingerprint density at radius 3 is 2.20 bits per heavy atom. The Kier molecular flexibility index (Phi) is 7.62. The number of halogens is 1. The van der Waals surface area contributed by atoms with E-state index in [0.29, 0.717) is 30.8 Å². The minimum Gasteiger partial charge on any atom is -0.493 e. The van der Waals surface area contributed by atoms with Crippen molar-refractivity contribution in [3.05, 3.63) is 83.7 Å². The summed E-state index contributed by atoms with van der Waals surface area (Å²) in [5.74, 6) is 0.945. The van der Waals surface area contributed by atoms with Gasteiger partial charge in [-0.3, -0.25) is 9.21 Å². The number of aryl methyl sites for hydroxylation is 1. The molecule has 0 amide bonds. The van der Waals surface area contributed by atoms with Gasteiger partial charge in [-0.05, 0) is 62.2 Å². The summed E-state index contributed by atoms with van der Waals surface area (Å²) in [6.45, 7) is 4.11. The topological polar surface area (TPSA) is 59.1 Å². The van der Waals surface area contributed by atoms with E-state index in [1.807, 2.05) is 49.4 Å². The summed E-state index contributed by atoms with van der Waals surface area (Å²) in [4.78, 5) is 2.38. The maximum atomic E-state index is 13.7. The smallest absolute Gasteiger partial charge is 0.264 e. The van der Waals surface area contributed by atoms with Crippen LogP contribution >= 0.6 is 0 Å². The summed E-state index contributed by atoms with van der Waals surface area (Å²) in [5, 5.41) is 0. The molecule has 1 aliphatic rings. The lowest BCUT2D eigenvalue weighted by molar-refractivity contribution is 0.203. The van der Waals surface area contributed by atoms with Gasteiger partial charge < -0.3 is 9.47 Å². The molecule has 4 rings (SSSR count). The van der Waals surface area contributed by atoms with E-state index in [9.17, 15) is 12.8 Å². The normalized spacial score (nSPS) is 15.1. The molecule has 6 nitrogen and oxygen atoms in total. The quantitative estimate of drug-likeness (QED) is 0.437. The lowest BCUT2D eigenvalue weighted by Crippen LogP contribution is -2.47. The fraction of sp³-hybridized carbons (Fsp3) is 0.333. The molecule has 0 bridgehead atoms. The van der Waals surface area contributed by atoms with Gasteiger partial charge in [0.05, 0.1) is 24.8 Å². The highest BCUT2D eigenvalue weighted by Crippen LogP contribution is 2.34. The van der Waals surface area contributed by atoms with Crippen LogP contribution in [0.1, 0.15) is 24.0 Å². The molecule has 0 spiro atoms. The van der Waals surface area contributed by atoms with Gasteiger partial charge in [-0.15, -0.1) is 0 Å². The molecule has 0 aliphatic carbocycles. The standard InChI is InChI=1S/C27H31FN2O4S/c1-20-7-11-23(12-8-20)30(35(31,32)25-13-9-22(28)10-14-25)24-15-17-29(18-16-24)19-21-5-4-6-26(33-2)27(21)34-3/h4-14,24H,15-19H2,1-3H3. The minimum atomic E-state index is -3.87. The number of sulfonamides is 1. The zero-order valence-corrected chi connectivity index (χ0v) is 21.1. The Morgan fingerprint density at radius 1 is 0.943 bits per heavy atom. The van der Waals surface area contributed by atoms with Crippen LogP contribution in [0.5, 0.6) is 11.5 Å². The second kappa shape index (κ2) is 10.7. The maximum Gasteiger partial charge on any atom is 0.264 e. The number of likely N-dealkylation sites (tertiary alicyclic amines) is 1. The molecule has 1 fully saturated rings. The van der Waals surface area contributed by atoms with Crippen LogP contribution in [-0.2, 0) is 16.6 Å². The van der Waals surface area contributed by atoms with Crippen molar-refractivity contribution in [3.8, 4) is 11.5 Å². The molecule has 35 heavy (non-hydrogen) atoms. The van der Waals surface area contributed by atoms with Crippen molar-refractivity contribution < 1.29 is 22.3 Å². The minimum absolute atomic E-state index is 0.0861. The molecule has 0 unspecified atom stereocenters. The number of piperidine rings is 1. The molecule has 0 radical (unpaired) electrons. The molecule has 3 aromatic rings. The molecule has 1 heterocycles. The van der Waals surface area contributed by atoms with Gasteiger partial charge in [0.2, 0.25) is 0 Å². The van der Waals surface area contributed by atoms with Gasteiger partial charge >= 0.3 is 0 Å². The summed E-state index contributed by atoms with van der Waals surface area (Å²) in [7, 11) is -0.616. The van der Waals surface area contributed by atoms with Gasteiger partial charge in [0.1, 0.15) is 5.82 Å². The first kappa shape index (κ1) is 25.0. The van der Waals surface area contributed by atoms with Crippen molar-refractivity contribution in [2.75, 3.05) is 31.6 Å². The highest BCUT2D eigenvalue weighted by molar-refractivity contribution is 7.92. The maximum absolute atomic E-state index is 13.7. The molecule has 8 heteroatoms. The van der Waals surface area contributed by atoms with Crippen LogP contribution in [0.2, 0.25) is 0 Å². The molecular weight excluding hydrogens is 467 g/mol. The molecule has 0 atom stereocenters. The van der Waals surface area contributed by atoms with E-state index in [1.54, 1.807) is 14.2 Å². The third-order valence-corrected chi connectivity index (χ3v) is 8.32. The zero-order valence-electron chi connectivity index (χ0n) is 20.3. The molecule has 3 aromatic carbocycles. The number of nitrogens with zero attached hydrogens (tertiary/aromatic N) is 2. The van der Waals surface area contributed by atoms with Crippen molar-refractivity contribution in [3.63, 3.8) is 0 Å². The Bertz CT molecular complexity index is 1240. The zero-order chi connectivity index (χ0) is 25.0. The number of benzene rings is 3. The number of anilines is 1. The average Bonchev–Trinajstić information content (AvgIpc) is 2.86. The van der Waals surface area contributed by atoms with Crippen molar-refractivity contribution in [1.29, 1.82) is 0 Å². The first-order valence-electron chi connectivity index (χ1n) is 11.6. The Balaban J connectivity index is 1.57. The van der Waals surface area contributed by atoms with Crippen molar-refractivity contribution in [2.45, 2.75) is 37.2 Å². The number of methoxy groups -OCH3 is 2. The van der Waals surface area contributed by atoms with Crippen molar-refractivity contribution in [1.82, 2.24) is 4.90 Å². The van der Waals surface area contributed by atoms with Crippen LogP contribution < -0.4 is 13.8 Å². The molecule has 186 valence electrons. The van der Waals surface area contributed by atoms with Gasteiger partial charge in [-0.1, -0.05) is 29.8 Å². The van der Waals surface area contributed by atoms with Crippen LogP contribution in [-0.4, -0.2) is 46.7 Å². The van der Waals surface area contributed by atoms with E-state index >= 15 is 0 Å². The largest absolute Gasteiger partial charge is 0.493 e. The molecule has 0 saturated carbocycles. The van der Waals surface area contributed by atoms with Crippen molar-refractivity contribution in [2.24, 2.45) is 0 Å². The Morgan fingerprint density at radius 2 is 1.60 bits per heavy atom. The van der Waals surface area contributed by atoms with Crippen LogP contribution in [0, 0.1) is 12.7 Å². The highest BCUT2D eigenvalue weighted by Gasteiger charge is 2.34. The fourth-order valence-electron chi connectivity index (χ4n) is 4.59. The lowest BCUT2D eigenvalue weighted by Gasteiger charge is -2.39. The van der Waals surface area contributed by atoms with E-state index < -0.39 is 15.8 Å². The van der Waals surface area contributed by atoms with E-state index in [0.717, 1.165) is 30.0 Å². The monoisotopic (exact) mass is 498 g/mol. The third kappa shape index (κ3) is 5.44. The van der Waals surface area contributed by atoms with Gasteiger partial charge in [0.15, 0.2) is 11.5 Å². The van der Waals surface area contributed by atoms with E-state index in [2.05, 4.69) is 4.90 Å². The lowest BCUT2D eigenvalue weighted by atomic mass is 10.0. The summed E-state index contributed by atoms with van der Waals surface area (Å²) in [6, 6.07) is 18.1. The van der Waals surface area contributed by atoms with E-state index in [-0.39, 0.29) is 10.9 Å². The number of hydrogen-bond donors (Lipinski definition) is 0. The number of ether oxygens (including phenoxy) is 2. The van der Waals surface area contributed by atoms with Crippen LogP contribution in [0.15, 0.2) is 71.6 Å². The second-order valence-electron chi connectivity index (χ2n) is 8.75. The van der Waals surface area contributed by atoms with Gasteiger partial charge in [-0.25, -0.2) is 12.8 Å². The first-order valence-corrected chi connectivity index (χ1v) is 13.1. The predicted molar refractivity (Wildman–Crippen MR) is 135 cm³/mol. The molecular formula is C27H31FN2O4S. The van der Waals surface area contributed by atoms with Gasteiger partial charge in [-0.2, -0.15) is 0 Å². The molecule has 0 N–H and O–H groups in total. The average molecular weight is 499 g/mol. The fourth-order valence-corrected chi connectivity index (χ4v) is 6.30. The van der Waals surface area contributed by atoms with Gasteiger partial charge in [0, 0.05) is 31.2 Å². The third-order valence-electron chi connectivity index (χ3n) is 6.43. The summed E-state index contributed by atoms with van der Waals surface area (Å²) in [6.07, 6.45) is 1.33. The Labute approximate surface area is 206 Å². The summed E-state index contributed by atoms with van der Waals surface area (Å²) < 4.78 is 53.4. The predicted octanol–water partition coefficient (Wildman–Crippen LogP) is 5.01. The highest BCUT2D eigenvalue weighted by atomic mass is 32.2. The van der Waals surface area contributed by atoms with Gasteiger partial charge in [0.25, 0.3) is 10.0 Å². The Hall–Kier alpha value is -3.10. The van der Waals surface area contributed by atoms with Crippen molar-refractivity contribution >= 4 is 15.7 Å². The second-order valence-corrected chi connectivity index (χ2v) is 10.6. The number of rotatable bonds is 8. The SMILES string of the molecule is COc1cccc(CN2CCC(N(c3ccc(C)cc3)S(=O)(=O)c3ccc(F)cc3)CC2)c1OC. The molecule has 0 aromatic heterocycles.